The van der Waals surface area contributed by atoms with E-state index >= 15 is 0 Å². The molecule has 2 heterocycles. The average Bonchev–Trinajstić information content (AvgIpc) is 3.00. The number of rotatable bonds is 4. The van der Waals surface area contributed by atoms with Gasteiger partial charge in [0.2, 0.25) is 11.9 Å². The number of anilines is 2. The van der Waals surface area contributed by atoms with E-state index in [2.05, 4.69) is 33.9 Å². The van der Waals surface area contributed by atoms with Crippen LogP contribution in [0.3, 0.4) is 0 Å². The number of morpholine rings is 1. The number of likely N-dealkylation sites (N-methyl/N-ethyl adjacent to an activating group) is 1. The van der Waals surface area contributed by atoms with Crippen LogP contribution in [0.1, 0.15) is 37.4 Å². The van der Waals surface area contributed by atoms with Crippen molar-refractivity contribution < 1.29 is 4.74 Å². The zero-order chi connectivity index (χ0) is 15.5. The Bertz CT molecular complexity index is 503. The van der Waals surface area contributed by atoms with Gasteiger partial charge in [0, 0.05) is 25.6 Å². The number of nitrogens with zero attached hydrogens (tertiary/aromatic N) is 5. The molecular formula is C15H26N6O. The van der Waals surface area contributed by atoms with E-state index in [0.717, 1.165) is 38.3 Å². The molecule has 1 saturated carbocycles. The van der Waals surface area contributed by atoms with E-state index in [1.54, 1.807) is 0 Å². The molecule has 2 N–H and O–H groups in total. The molecule has 1 aliphatic heterocycles. The van der Waals surface area contributed by atoms with Gasteiger partial charge in [-0.2, -0.15) is 15.0 Å². The third kappa shape index (κ3) is 3.64. The van der Waals surface area contributed by atoms with E-state index < -0.39 is 0 Å². The van der Waals surface area contributed by atoms with Crippen molar-refractivity contribution >= 4 is 11.9 Å². The normalized spacial score (nSPS) is 23.4. The summed E-state index contributed by atoms with van der Waals surface area (Å²) in [6.45, 7) is 3.19. The molecule has 2 fully saturated rings. The van der Waals surface area contributed by atoms with Gasteiger partial charge in [-0.1, -0.05) is 12.8 Å². The van der Waals surface area contributed by atoms with Crippen molar-refractivity contribution in [3.05, 3.63) is 5.82 Å². The Morgan fingerprint density at radius 3 is 2.73 bits per heavy atom. The Hall–Kier alpha value is -1.47. The second kappa shape index (κ2) is 6.75. The molecule has 1 aromatic rings. The van der Waals surface area contributed by atoms with Crippen LogP contribution < -0.4 is 10.6 Å². The van der Waals surface area contributed by atoms with Crippen molar-refractivity contribution in [1.29, 1.82) is 0 Å². The highest BCUT2D eigenvalue weighted by Gasteiger charge is 2.26. The lowest BCUT2D eigenvalue weighted by atomic mass is 10.1. The Balaban J connectivity index is 1.75. The fourth-order valence-corrected chi connectivity index (χ4v) is 3.32. The summed E-state index contributed by atoms with van der Waals surface area (Å²) in [7, 11) is 4.11. The van der Waals surface area contributed by atoms with Crippen molar-refractivity contribution in [3.8, 4) is 0 Å². The highest BCUT2D eigenvalue weighted by atomic mass is 16.5. The van der Waals surface area contributed by atoms with Gasteiger partial charge in [-0.3, -0.25) is 0 Å². The summed E-state index contributed by atoms with van der Waals surface area (Å²) in [6, 6.07) is 0. The van der Waals surface area contributed by atoms with Gasteiger partial charge in [0.15, 0.2) is 0 Å². The van der Waals surface area contributed by atoms with Gasteiger partial charge in [-0.25, -0.2) is 0 Å². The van der Waals surface area contributed by atoms with Crippen molar-refractivity contribution in [2.75, 3.05) is 51.0 Å². The maximum atomic E-state index is 5.92. The molecule has 1 saturated heterocycles. The number of hydrogen-bond donors (Lipinski definition) is 1. The summed E-state index contributed by atoms with van der Waals surface area (Å²) in [5.41, 5.74) is 5.92. The molecule has 1 unspecified atom stereocenters. The van der Waals surface area contributed by atoms with Crippen LogP contribution in [0.2, 0.25) is 0 Å². The lowest BCUT2D eigenvalue weighted by Gasteiger charge is -2.34. The van der Waals surface area contributed by atoms with Gasteiger partial charge in [0.25, 0.3) is 0 Å². The van der Waals surface area contributed by atoms with Crippen LogP contribution in [-0.4, -0.2) is 66.3 Å². The zero-order valence-electron chi connectivity index (χ0n) is 13.5. The number of nitrogens with two attached hydrogens (primary N) is 1. The molecule has 0 radical (unpaired) electrons. The van der Waals surface area contributed by atoms with E-state index in [1.807, 2.05) is 0 Å². The maximum Gasteiger partial charge on any atom is 0.230 e. The predicted molar refractivity (Wildman–Crippen MR) is 86.0 cm³/mol. The fraction of sp³-hybridized carbons (Fsp3) is 0.800. The van der Waals surface area contributed by atoms with E-state index in [1.165, 1.54) is 12.8 Å². The Morgan fingerprint density at radius 2 is 2.00 bits per heavy atom. The SMILES string of the molecule is CN(C)CC1CN(c2nc(N)nc(C3CCCC3)n2)CCO1. The van der Waals surface area contributed by atoms with E-state index in [-0.39, 0.29) is 6.10 Å². The van der Waals surface area contributed by atoms with Gasteiger partial charge in [0.05, 0.1) is 12.7 Å². The van der Waals surface area contributed by atoms with Crippen molar-refractivity contribution in [1.82, 2.24) is 19.9 Å². The lowest BCUT2D eigenvalue weighted by Crippen LogP contribution is -2.47. The quantitative estimate of drug-likeness (QED) is 0.884. The van der Waals surface area contributed by atoms with Gasteiger partial charge in [-0.05, 0) is 26.9 Å². The largest absolute Gasteiger partial charge is 0.373 e. The second-order valence-corrected chi connectivity index (χ2v) is 6.53. The topological polar surface area (TPSA) is 80.4 Å². The highest BCUT2D eigenvalue weighted by molar-refractivity contribution is 5.36. The van der Waals surface area contributed by atoms with Gasteiger partial charge < -0.3 is 20.3 Å². The first-order chi connectivity index (χ1) is 10.6. The molecule has 122 valence electrons. The molecule has 3 rings (SSSR count). The fourth-order valence-electron chi connectivity index (χ4n) is 3.32. The first-order valence-electron chi connectivity index (χ1n) is 8.14. The highest BCUT2D eigenvalue weighted by Crippen LogP contribution is 2.32. The van der Waals surface area contributed by atoms with Crippen molar-refractivity contribution in [2.24, 2.45) is 0 Å². The number of hydrogen-bond acceptors (Lipinski definition) is 7. The predicted octanol–water partition coefficient (Wildman–Crippen LogP) is 0.878. The first-order valence-corrected chi connectivity index (χ1v) is 8.14. The van der Waals surface area contributed by atoms with Crippen LogP contribution in [-0.2, 0) is 4.74 Å². The van der Waals surface area contributed by atoms with E-state index in [4.69, 9.17) is 15.5 Å². The van der Waals surface area contributed by atoms with Gasteiger partial charge in [-0.15, -0.1) is 0 Å². The summed E-state index contributed by atoms with van der Waals surface area (Å²) < 4.78 is 5.82. The molecule has 0 amide bonds. The van der Waals surface area contributed by atoms with Crippen molar-refractivity contribution in [2.45, 2.75) is 37.7 Å². The molecule has 22 heavy (non-hydrogen) atoms. The standard InChI is InChI=1S/C15H26N6O/c1-20(2)9-12-10-21(7-8-22-12)15-18-13(17-14(16)19-15)11-5-3-4-6-11/h11-12H,3-10H2,1-2H3,(H2,16,17,18,19). The number of aromatic nitrogens is 3. The maximum absolute atomic E-state index is 5.92. The minimum absolute atomic E-state index is 0.177. The van der Waals surface area contributed by atoms with Crippen molar-refractivity contribution in [3.63, 3.8) is 0 Å². The molecular weight excluding hydrogens is 280 g/mol. The number of ether oxygens (including phenoxy) is 1. The van der Waals surface area contributed by atoms with Crippen LogP contribution in [0.15, 0.2) is 0 Å². The summed E-state index contributed by atoms with van der Waals surface area (Å²) >= 11 is 0. The molecule has 1 atom stereocenters. The van der Waals surface area contributed by atoms with E-state index in [0.29, 0.717) is 24.4 Å². The Morgan fingerprint density at radius 1 is 1.23 bits per heavy atom. The number of nitrogen functional groups attached to an aromatic ring is 1. The lowest BCUT2D eigenvalue weighted by molar-refractivity contribution is 0.0242. The second-order valence-electron chi connectivity index (χ2n) is 6.53. The smallest absolute Gasteiger partial charge is 0.230 e. The van der Waals surface area contributed by atoms with Gasteiger partial charge >= 0.3 is 0 Å². The minimum Gasteiger partial charge on any atom is -0.373 e. The summed E-state index contributed by atoms with van der Waals surface area (Å²) in [5, 5.41) is 0. The van der Waals surface area contributed by atoms with Crippen LogP contribution in [0.25, 0.3) is 0 Å². The summed E-state index contributed by atoms with van der Waals surface area (Å²) in [4.78, 5) is 17.7. The van der Waals surface area contributed by atoms with Gasteiger partial charge in [0.1, 0.15) is 5.82 Å². The monoisotopic (exact) mass is 306 g/mol. The van der Waals surface area contributed by atoms with Crippen LogP contribution >= 0.6 is 0 Å². The molecule has 0 spiro atoms. The third-order valence-corrected chi connectivity index (χ3v) is 4.37. The molecule has 1 aliphatic carbocycles. The Kier molecular flexibility index (Phi) is 4.73. The molecule has 7 heteroatoms. The Labute approximate surface area is 131 Å². The molecule has 0 aromatic carbocycles. The first kappa shape index (κ1) is 15.4. The third-order valence-electron chi connectivity index (χ3n) is 4.37. The zero-order valence-corrected chi connectivity index (χ0v) is 13.5. The summed E-state index contributed by atoms with van der Waals surface area (Å²) in [5.74, 6) is 2.36. The molecule has 2 aliphatic rings. The van der Waals surface area contributed by atoms with Crippen LogP contribution in [0, 0.1) is 0 Å². The molecule has 1 aromatic heterocycles. The average molecular weight is 306 g/mol. The van der Waals surface area contributed by atoms with Crippen LogP contribution in [0.4, 0.5) is 11.9 Å². The van der Waals surface area contributed by atoms with Crippen LogP contribution in [0.5, 0.6) is 0 Å². The summed E-state index contributed by atoms with van der Waals surface area (Å²) in [6.07, 6.45) is 5.02. The van der Waals surface area contributed by atoms with E-state index in [9.17, 15) is 0 Å². The molecule has 7 nitrogen and oxygen atoms in total. The molecule has 0 bridgehead atoms. The minimum atomic E-state index is 0.177.